The molecule has 0 saturated carbocycles. The first-order valence-electron chi connectivity index (χ1n) is 13.0. The Kier molecular flexibility index (Phi) is 12.0. The summed E-state index contributed by atoms with van der Waals surface area (Å²) in [6, 6.07) is 7.65. The number of anilines is 2. The van der Waals surface area contributed by atoms with Gasteiger partial charge in [-0.15, -0.1) is 0 Å². The van der Waals surface area contributed by atoms with Crippen LogP contribution in [0.15, 0.2) is 48.9 Å². The number of halogens is 6. The van der Waals surface area contributed by atoms with Crippen LogP contribution in [-0.2, 0) is 9.53 Å². The standard InChI is InChI=1S/C26H27ClF2N6O3.C2HF3O2/c1-34(2)11-13-38-12-9-31-26(36)17-5-4-16(14-19(17)27)33-24-25-32-15-20(35(25)10-8-30-24)18-6-7-21(37-3)23(29)22(18)28;3-2(4,5)1(6)7/h4-8,10,14-15H,9,11-13H2,1-3H3,(H,30,33)(H,31,36);(H,6,7). The molecule has 0 atom stereocenters. The van der Waals surface area contributed by atoms with Gasteiger partial charge in [0.15, 0.2) is 23.0 Å². The number of methoxy groups -OCH3 is 1. The van der Waals surface area contributed by atoms with E-state index < -0.39 is 23.8 Å². The molecular formula is C28H28ClF5N6O5. The maximum atomic E-state index is 14.7. The van der Waals surface area contributed by atoms with Crippen LogP contribution >= 0.6 is 11.6 Å². The Hall–Kier alpha value is -4.54. The number of rotatable bonds is 11. The van der Waals surface area contributed by atoms with E-state index >= 15 is 0 Å². The first kappa shape index (κ1) is 34.9. The SMILES string of the molecule is COc1ccc(-c2cnc3c(Nc4ccc(C(=O)NCCOCCN(C)C)c(Cl)c4)nccn23)c(F)c1F.O=C(O)C(F)(F)F. The van der Waals surface area contributed by atoms with Crippen molar-refractivity contribution in [2.24, 2.45) is 0 Å². The van der Waals surface area contributed by atoms with E-state index in [0.717, 1.165) is 6.54 Å². The number of hydrogen-bond donors (Lipinski definition) is 3. The van der Waals surface area contributed by atoms with E-state index in [2.05, 4.69) is 20.6 Å². The predicted octanol–water partition coefficient (Wildman–Crippen LogP) is 5.02. The number of amides is 1. The lowest BCUT2D eigenvalue weighted by Crippen LogP contribution is -2.28. The second-order valence-corrected chi connectivity index (χ2v) is 9.76. The maximum Gasteiger partial charge on any atom is 0.490 e. The lowest BCUT2D eigenvalue weighted by Gasteiger charge is -2.12. The number of carbonyl (C=O) groups excluding carboxylic acids is 1. The molecule has 0 saturated heterocycles. The molecule has 2 aromatic carbocycles. The van der Waals surface area contributed by atoms with Gasteiger partial charge in [0.25, 0.3) is 5.91 Å². The number of imidazole rings is 1. The van der Waals surface area contributed by atoms with Crippen LogP contribution < -0.4 is 15.4 Å². The Morgan fingerprint density at radius 2 is 1.80 bits per heavy atom. The molecule has 1 amide bonds. The van der Waals surface area contributed by atoms with Crippen molar-refractivity contribution in [2.45, 2.75) is 6.18 Å². The number of hydrogen-bond acceptors (Lipinski definition) is 8. The highest BCUT2D eigenvalue weighted by atomic mass is 35.5. The summed E-state index contributed by atoms with van der Waals surface area (Å²) in [5.41, 5.74) is 1.61. The van der Waals surface area contributed by atoms with Crippen molar-refractivity contribution in [1.29, 1.82) is 0 Å². The number of aliphatic carboxylic acids is 1. The fraction of sp³-hybridized carbons (Fsp3) is 0.286. The number of ether oxygens (including phenoxy) is 2. The molecular weight excluding hydrogens is 631 g/mol. The summed E-state index contributed by atoms with van der Waals surface area (Å²) in [7, 11) is 5.19. The normalized spacial score (nSPS) is 11.2. The molecule has 45 heavy (non-hydrogen) atoms. The number of aromatic nitrogens is 3. The van der Waals surface area contributed by atoms with Gasteiger partial charge in [-0.2, -0.15) is 17.6 Å². The van der Waals surface area contributed by atoms with Crippen LogP contribution in [-0.4, -0.2) is 89.9 Å². The number of carbonyl (C=O) groups is 2. The Morgan fingerprint density at radius 1 is 1.09 bits per heavy atom. The second-order valence-electron chi connectivity index (χ2n) is 9.35. The molecule has 2 heterocycles. The summed E-state index contributed by atoms with van der Waals surface area (Å²) >= 11 is 6.38. The summed E-state index contributed by atoms with van der Waals surface area (Å²) < 4.78 is 72.6. The highest BCUT2D eigenvalue weighted by molar-refractivity contribution is 6.34. The van der Waals surface area contributed by atoms with E-state index in [1.807, 2.05) is 19.0 Å². The largest absolute Gasteiger partial charge is 0.494 e. The zero-order chi connectivity index (χ0) is 33.3. The van der Waals surface area contributed by atoms with Gasteiger partial charge in [0.2, 0.25) is 5.82 Å². The Morgan fingerprint density at radius 3 is 2.42 bits per heavy atom. The molecule has 2 aromatic heterocycles. The van der Waals surface area contributed by atoms with Crippen LogP contribution in [0.5, 0.6) is 5.75 Å². The lowest BCUT2D eigenvalue weighted by molar-refractivity contribution is -0.192. The molecule has 0 fully saturated rings. The predicted molar refractivity (Wildman–Crippen MR) is 155 cm³/mol. The highest BCUT2D eigenvalue weighted by Gasteiger charge is 2.38. The van der Waals surface area contributed by atoms with E-state index in [4.69, 9.17) is 31.0 Å². The van der Waals surface area contributed by atoms with Gasteiger partial charge in [-0.05, 0) is 44.4 Å². The van der Waals surface area contributed by atoms with Gasteiger partial charge in [-0.25, -0.2) is 19.2 Å². The molecule has 0 aliphatic carbocycles. The molecule has 17 heteroatoms. The average Bonchev–Trinajstić information content (AvgIpc) is 3.41. The van der Waals surface area contributed by atoms with E-state index in [0.29, 0.717) is 48.2 Å². The summed E-state index contributed by atoms with van der Waals surface area (Å²) in [6.07, 6.45) is -0.561. The molecule has 0 spiro atoms. The van der Waals surface area contributed by atoms with E-state index in [1.54, 1.807) is 28.8 Å². The minimum Gasteiger partial charge on any atom is -0.494 e. The van der Waals surface area contributed by atoms with E-state index in [9.17, 15) is 26.7 Å². The topological polar surface area (TPSA) is 130 Å². The van der Waals surface area contributed by atoms with E-state index in [-0.39, 0.29) is 22.2 Å². The number of carboxylic acids is 1. The van der Waals surface area contributed by atoms with Gasteiger partial charge >= 0.3 is 12.1 Å². The number of likely N-dealkylation sites (N-methyl/N-ethyl adjacent to an activating group) is 1. The molecule has 4 rings (SSSR count). The molecule has 3 N–H and O–H groups in total. The van der Waals surface area contributed by atoms with Crippen molar-refractivity contribution >= 4 is 40.6 Å². The van der Waals surface area contributed by atoms with Gasteiger partial charge in [-0.3, -0.25) is 9.20 Å². The van der Waals surface area contributed by atoms with Crippen LogP contribution in [0.1, 0.15) is 10.4 Å². The number of benzene rings is 2. The van der Waals surface area contributed by atoms with Crippen molar-refractivity contribution in [1.82, 2.24) is 24.6 Å². The monoisotopic (exact) mass is 658 g/mol. The van der Waals surface area contributed by atoms with Gasteiger partial charge in [0.1, 0.15) is 0 Å². The zero-order valence-corrected chi connectivity index (χ0v) is 24.8. The maximum absolute atomic E-state index is 14.7. The van der Waals surface area contributed by atoms with Gasteiger partial charge < -0.3 is 30.1 Å². The van der Waals surface area contributed by atoms with Crippen LogP contribution in [0, 0.1) is 11.6 Å². The van der Waals surface area contributed by atoms with Crippen LogP contribution in [0.2, 0.25) is 5.02 Å². The van der Waals surface area contributed by atoms with Crippen molar-refractivity contribution in [2.75, 3.05) is 52.8 Å². The Bertz CT molecular complexity index is 1650. The first-order chi connectivity index (χ1) is 21.2. The Balaban J connectivity index is 0.000000707. The number of alkyl halides is 3. The third-order valence-corrected chi connectivity index (χ3v) is 6.22. The Labute approximate surface area is 258 Å². The van der Waals surface area contributed by atoms with Crippen molar-refractivity contribution < 1.29 is 46.1 Å². The minimum atomic E-state index is -5.08. The third-order valence-electron chi connectivity index (χ3n) is 5.90. The average molecular weight is 659 g/mol. The van der Waals surface area contributed by atoms with Gasteiger partial charge in [-0.1, -0.05) is 11.6 Å². The quantitative estimate of drug-likeness (QED) is 0.150. The third kappa shape index (κ3) is 9.23. The second kappa shape index (κ2) is 15.5. The number of nitrogens with one attached hydrogen (secondary N) is 2. The fourth-order valence-electron chi connectivity index (χ4n) is 3.69. The smallest absolute Gasteiger partial charge is 0.490 e. The number of carboxylic acid groups (broad SMARTS) is 1. The zero-order valence-electron chi connectivity index (χ0n) is 24.1. The van der Waals surface area contributed by atoms with Crippen LogP contribution in [0.3, 0.4) is 0 Å². The fourth-order valence-corrected chi connectivity index (χ4v) is 3.96. The minimum absolute atomic E-state index is 0.0226. The molecule has 0 unspecified atom stereocenters. The molecule has 242 valence electrons. The van der Waals surface area contributed by atoms with Crippen molar-refractivity contribution in [3.63, 3.8) is 0 Å². The molecule has 0 radical (unpaired) electrons. The number of nitrogens with zero attached hydrogens (tertiary/aromatic N) is 4. The highest BCUT2D eigenvalue weighted by Crippen LogP contribution is 2.32. The molecule has 11 nitrogen and oxygen atoms in total. The number of fused-ring (bicyclic) bond motifs is 1. The van der Waals surface area contributed by atoms with Crippen molar-refractivity contribution in [3.8, 4) is 17.0 Å². The summed E-state index contributed by atoms with van der Waals surface area (Å²) in [5, 5.41) is 13.3. The van der Waals surface area contributed by atoms with Crippen LogP contribution in [0.25, 0.3) is 16.9 Å². The summed E-state index contributed by atoms with van der Waals surface area (Å²) in [4.78, 5) is 32.1. The molecule has 0 aliphatic heterocycles. The summed E-state index contributed by atoms with van der Waals surface area (Å²) in [6.45, 7) is 2.13. The van der Waals surface area contributed by atoms with Crippen LogP contribution in [0.4, 0.5) is 33.5 Å². The van der Waals surface area contributed by atoms with Crippen molar-refractivity contribution in [3.05, 3.63) is 71.1 Å². The lowest BCUT2D eigenvalue weighted by atomic mass is 10.1. The van der Waals surface area contributed by atoms with E-state index in [1.165, 1.54) is 31.6 Å². The molecule has 0 bridgehead atoms. The summed E-state index contributed by atoms with van der Waals surface area (Å²) in [5.74, 6) is -5.03. The molecule has 0 aliphatic rings. The molecule has 4 aromatic rings. The van der Waals surface area contributed by atoms with Gasteiger partial charge in [0.05, 0.1) is 42.8 Å². The first-order valence-corrected chi connectivity index (χ1v) is 13.3. The van der Waals surface area contributed by atoms with Gasteiger partial charge in [0, 0.05) is 36.7 Å².